The molecule has 0 radical (unpaired) electrons. The van der Waals surface area contributed by atoms with Crippen LogP contribution in [0.2, 0.25) is 0 Å². The van der Waals surface area contributed by atoms with Crippen molar-refractivity contribution < 1.29 is 4.79 Å². The van der Waals surface area contributed by atoms with Gasteiger partial charge in [0.1, 0.15) is 0 Å². The summed E-state index contributed by atoms with van der Waals surface area (Å²) in [6.45, 7) is 1.30. The maximum absolute atomic E-state index is 12.3. The van der Waals surface area contributed by atoms with Crippen LogP contribution in [0.15, 0.2) is 30.6 Å². The number of hydrogen-bond acceptors (Lipinski definition) is 3. The lowest BCUT2D eigenvalue weighted by atomic mass is 9.96. The average Bonchev–Trinajstić information content (AvgIpc) is 2.91. The molecule has 7 heteroatoms. The van der Waals surface area contributed by atoms with Crippen molar-refractivity contribution in [1.29, 1.82) is 5.41 Å². The lowest BCUT2D eigenvalue weighted by molar-refractivity contribution is -0.121. The highest BCUT2D eigenvalue weighted by molar-refractivity contribution is 5.88. The first-order valence-corrected chi connectivity index (χ1v) is 6.97. The molecule has 21 heavy (non-hydrogen) atoms. The third kappa shape index (κ3) is 2.67. The Labute approximate surface area is 122 Å². The minimum atomic E-state index is -0.0539. The Bertz CT molecular complexity index is 671. The number of guanidine groups is 1. The Morgan fingerprint density at radius 2 is 2.14 bits per heavy atom. The normalized spacial score (nSPS) is 16.1. The highest BCUT2D eigenvalue weighted by atomic mass is 16.2. The fourth-order valence-corrected chi connectivity index (χ4v) is 2.65. The van der Waals surface area contributed by atoms with E-state index in [9.17, 15) is 4.79 Å². The van der Waals surface area contributed by atoms with Crippen LogP contribution in [0.3, 0.4) is 0 Å². The SMILES string of the molecule is N=C(N)N1CCC(C(=O)Nn2ccc3cccnc32)CC1. The Kier molecular flexibility index (Phi) is 3.47. The third-order valence-electron chi connectivity index (χ3n) is 3.89. The molecule has 2 aromatic rings. The van der Waals surface area contributed by atoms with Gasteiger partial charge in [-0.25, -0.2) is 9.66 Å². The zero-order valence-electron chi connectivity index (χ0n) is 11.6. The second-order valence-corrected chi connectivity index (χ2v) is 5.22. The number of fused-ring (bicyclic) bond motifs is 1. The molecule has 0 unspecified atom stereocenters. The quantitative estimate of drug-likeness (QED) is 0.559. The molecule has 1 amide bonds. The molecule has 0 saturated carbocycles. The fourth-order valence-electron chi connectivity index (χ4n) is 2.65. The first kappa shape index (κ1) is 13.4. The second-order valence-electron chi connectivity index (χ2n) is 5.22. The first-order valence-electron chi connectivity index (χ1n) is 6.97. The molecule has 7 nitrogen and oxygen atoms in total. The molecule has 110 valence electrons. The molecule has 0 bridgehead atoms. The summed E-state index contributed by atoms with van der Waals surface area (Å²) in [5.41, 5.74) is 9.09. The van der Waals surface area contributed by atoms with Gasteiger partial charge in [0.05, 0.1) is 0 Å². The number of hydrogen-bond donors (Lipinski definition) is 3. The highest BCUT2D eigenvalue weighted by Crippen LogP contribution is 2.18. The van der Waals surface area contributed by atoms with E-state index in [-0.39, 0.29) is 17.8 Å². The smallest absolute Gasteiger partial charge is 0.242 e. The molecular formula is C14H18N6O. The van der Waals surface area contributed by atoms with Gasteiger partial charge in [-0.3, -0.25) is 15.6 Å². The van der Waals surface area contributed by atoms with Crippen molar-refractivity contribution in [3.63, 3.8) is 0 Å². The van der Waals surface area contributed by atoms with Crippen molar-refractivity contribution in [3.8, 4) is 0 Å². The van der Waals surface area contributed by atoms with Crippen molar-refractivity contribution in [2.75, 3.05) is 18.5 Å². The number of likely N-dealkylation sites (tertiary alicyclic amines) is 1. The van der Waals surface area contributed by atoms with Gasteiger partial charge in [-0.15, -0.1) is 0 Å². The summed E-state index contributed by atoms with van der Waals surface area (Å²) < 4.78 is 1.66. The van der Waals surface area contributed by atoms with Gasteiger partial charge in [-0.2, -0.15) is 0 Å². The number of nitrogens with zero attached hydrogens (tertiary/aromatic N) is 3. The predicted octanol–water partition coefficient (Wildman–Crippen LogP) is 0.712. The first-order chi connectivity index (χ1) is 10.1. The highest BCUT2D eigenvalue weighted by Gasteiger charge is 2.25. The molecule has 1 aliphatic heterocycles. The van der Waals surface area contributed by atoms with Gasteiger partial charge >= 0.3 is 0 Å². The summed E-state index contributed by atoms with van der Waals surface area (Å²) in [7, 11) is 0. The number of nitrogens with one attached hydrogen (secondary N) is 2. The van der Waals surface area contributed by atoms with E-state index in [1.54, 1.807) is 22.0 Å². The van der Waals surface area contributed by atoms with E-state index >= 15 is 0 Å². The number of carbonyl (C=O) groups is 1. The third-order valence-corrected chi connectivity index (χ3v) is 3.89. The standard InChI is InChI=1S/C14H18N6O/c15-14(16)19-7-3-11(4-8-19)13(21)18-20-9-5-10-2-1-6-17-12(10)20/h1-2,5-6,9,11H,3-4,7-8H2,(H3,15,16)(H,18,21). The van der Waals surface area contributed by atoms with E-state index in [4.69, 9.17) is 11.1 Å². The van der Waals surface area contributed by atoms with E-state index in [0.29, 0.717) is 25.9 Å². The number of piperidine rings is 1. The lowest BCUT2D eigenvalue weighted by Gasteiger charge is -2.31. The number of carbonyl (C=O) groups excluding carboxylic acids is 1. The zero-order chi connectivity index (χ0) is 14.8. The molecule has 2 aromatic heterocycles. The molecule has 1 aliphatic rings. The van der Waals surface area contributed by atoms with E-state index in [1.165, 1.54) is 0 Å². The molecule has 0 spiro atoms. The van der Waals surface area contributed by atoms with E-state index < -0.39 is 0 Å². The lowest BCUT2D eigenvalue weighted by Crippen LogP contribution is -2.45. The molecule has 3 rings (SSSR count). The molecule has 1 fully saturated rings. The van der Waals surface area contributed by atoms with Gasteiger partial charge in [0.25, 0.3) is 0 Å². The van der Waals surface area contributed by atoms with Crippen molar-refractivity contribution in [2.45, 2.75) is 12.8 Å². The summed E-state index contributed by atoms with van der Waals surface area (Å²) in [5.74, 6) is 0.0116. The molecular weight excluding hydrogens is 268 g/mol. The second kappa shape index (κ2) is 5.43. The largest absolute Gasteiger partial charge is 0.370 e. The van der Waals surface area contributed by atoms with Crippen LogP contribution in [0.5, 0.6) is 0 Å². The number of aromatic nitrogens is 2. The number of rotatable bonds is 2. The van der Waals surface area contributed by atoms with Crippen LogP contribution in [-0.4, -0.2) is 39.5 Å². The van der Waals surface area contributed by atoms with Crippen LogP contribution in [0.1, 0.15) is 12.8 Å². The van der Waals surface area contributed by atoms with Crippen molar-refractivity contribution in [1.82, 2.24) is 14.6 Å². The van der Waals surface area contributed by atoms with Crippen LogP contribution in [0, 0.1) is 11.3 Å². The van der Waals surface area contributed by atoms with Crippen molar-refractivity contribution >= 4 is 22.9 Å². The summed E-state index contributed by atoms with van der Waals surface area (Å²) in [5, 5.41) is 8.39. The molecule has 0 aromatic carbocycles. The maximum Gasteiger partial charge on any atom is 0.242 e. The average molecular weight is 286 g/mol. The molecule has 1 saturated heterocycles. The number of pyridine rings is 1. The molecule has 0 aliphatic carbocycles. The van der Waals surface area contributed by atoms with Gasteiger partial charge in [-0.1, -0.05) is 0 Å². The van der Waals surface area contributed by atoms with Crippen LogP contribution in [0.4, 0.5) is 0 Å². The van der Waals surface area contributed by atoms with Crippen molar-refractivity contribution in [2.24, 2.45) is 11.7 Å². The summed E-state index contributed by atoms with van der Waals surface area (Å²) in [6, 6.07) is 5.74. The maximum atomic E-state index is 12.3. The number of amides is 1. The van der Waals surface area contributed by atoms with E-state index in [1.807, 2.05) is 18.2 Å². The van der Waals surface area contributed by atoms with Gasteiger partial charge in [0.2, 0.25) is 5.91 Å². The molecule has 0 atom stereocenters. The topological polar surface area (TPSA) is 100 Å². The van der Waals surface area contributed by atoms with Crippen LogP contribution < -0.4 is 11.2 Å². The monoisotopic (exact) mass is 286 g/mol. The summed E-state index contributed by atoms with van der Waals surface area (Å²) in [4.78, 5) is 18.4. The van der Waals surface area contributed by atoms with Gasteiger partial charge < -0.3 is 10.6 Å². The minimum Gasteiger partial charge on any atom is -0.370 e. The van der Waals surface area contributed by atoms with Gasteiger partial charge in [0.15, 0.2) is 11.6 Å². The molecule has 3 heterocycles. The van der Waals surface area contributed by atoms with E-state index in [2.05, 4.69) is 10.4 Å². The molecule has 4 N–H and O–H groups in total. The Morgan fingerprint density at radius 1 is 1.38 bits per heavy atom. The van der Waals surface area contributed by atoms with Gasteiger partial charge in [0, 0.05) is 36.8 Å². The number of nitrogens with two attached hydrogens (primary N) is 1. The Hall–Kier alpha value is -2.57. The summed E-state index contributed by atoms with van der Waals surface area (Å²) >= 11 is 0. The van der Waals surface area contributed by atoms with Crippen LogP contribution in [0.25, 0.3) is 11.0 Å². The summed E-state index contributed by atoms with van der Waals surface area (Å²) in [6.07, 6.45) is 4.92. The zero-order valence-corrected chi connectivity index (χ0v) is 11.6. The van der Waals surface area contributed by atoms with Crippen LogP contribution >= 0.6 is 0 Å². The van der Waals surface area contributed by atoms with Gasteiger partial charge in [-0.05, 0) is 31.0 Å². The van der Waals surface area contributed by atoms with E-state index in [0.717, 1.165) is 11.0 Å². The minimum absolute atomic E-state index is 0.0126. The fraction of sp³-hybridized carbons (Fsp3) is 0.357. The predicted molar refractivity (Wildman–Crippen MR) is 80.3 cm³/mol. The Morgan fingerprint density at radius 3 is 2.86 bits per heavy atom. The van der Waals surface area contributed by atoms with Crippen LogP contribution in [-0.2, 0) is 4.79 Å². The Balaban J connectivity index is 1.66. The van der Waals surface area contributed by atoms with Crippen molar-refractivity contribution in [3.05, 3.63) is 30.6 Å².